The number of benzene rings is 2. The van der Waals surface area contributed by atoms with Crippen molar-refractivity contribution in [1.82, 2.24) is 14.5 Å². The molecule has 0 bridgehead atoms. The minimum Gasteiger partial charge on any atom is -0.378 e. The van der Waals surface area contributed by atoms with Crippen LogP contribution in [0.3, 0.4) is 0 Å². The number of rotatable bonds is 7. The van der Waals surface area contributed by atoms with Crippen molar-refractivity contribution in [3.8, 4) is 0 Å². The molecule has 156 valence electrons. The summed E-state index contributed by atoms with van der Waals surface area (Å²) in [5, 5.41) is 1.78. The quantitative estimate of drug-likeness (QED) is 0.717. The zero-order valence-corrected chi connectivity index (χ0v) is 17.2. The van der Waals surface area contributed by atoms with Crippen LogP contribution < -0.4 is 4.72 Å². The van der Waals surface area contributed by atoms with Crippen molar-refractivity contribution in [3.05, 3.63) is 42.5 Å². The predicted molar refractivity (Wildman–Crippen MR) is 109 cm³/mol. The topological polar surface area (TPSA) is 96.0 Å². The number of carbonyl (C=O) groups excluding carboxylic acids is 2. The Morgan fingerprint density at radius 1 is 1.10 bits per heavy atom. The number of carbonyl (C=O) groups is 2. The Kier molecular flexibility index (Phi) is 6.83. The van der Waals surface area contributed by atoms with Crippen molar-refractivity contribution < 1.29 is 22.7 Å². The zero-order chi connectivity index (χ0) is 20.9. The van der Waals surface area contributed by atoms with Crippen LogP contribution in [0.25, 0.3) is 10.8 Å². The van der Waals surface area contributed by atoms with Gasteiger partial charge in [-0.1, -0.05) is 30.3 Å². The third kappa shape index (κ3) is 5.53. The lowest BCUT2D eigenvalue weighted by Gasteiger charge is -2.28. The second kappa shape index (κ2) is 9.34. The summed E-state index contributed by atoms with van der Waals surface area (Å²) >= 11 is 0. The zero-order valence-electron chi connectivity index (χ0n) is 16.3. The molecule has 8 nitrogen and oxygen atoms in total. The Morgan fingerprint density at radius 3 is 2.52 bits per heavy atom. The third-order valence-corrected chi connectivity index (χ3v) is 6.28. The van der Waals surface area contributed by atoms with Gasteiger partial charge in [0.15, 0.2) is 0 Å². The SMILES string of the molecule is CN(CC(=O)N1CCOCC1)C(=O)CCNS(=O)(=O)c1ccc2ccccc2c1. The Hall–Kier alpha value is -2.49. The van der Waals surface area contributed by atoms with Gasteiger partial charge in [0.05, 0.1) is 24.7 Å². The first-order chi connectivity index (χ1) is 13.9. The fourth-order valence-electron chi connectivity index (χ4n) is 3.10. The number of sulfonamides is 1. The van der Waals surface area contributed by atoms with E-state index in [1.165, 1.54) is 4.90 Å². The van der Waals surface area contributed by atoms with E-state index in [9.17, 15) is 18.0 Å². The Bertz CT molecular complexity index is 987. The minimum absolute atomic E-state index is 0.0281. The maximum Gasteiger partial charge on any atom is 0.242 e. The van der Waals surface area contributed by atoms with Crippen molar-refractivity contribution >= 4 is 32.6 Å². The van der Waals surface area contributed by atoms with Gasteiger partial charge in [-0.05, 0) is 22.9 Å². The van der Waals surface area contributed by atoms with E-state index in [1.54, 1.807) is 30.1 Å². The van der Waals surface area contributed by atoms with Gasteiger partial charge in [0.2, 0.25) is 21.8 Å². The highest BCUT2D eigenvalue weighted by atomic mass is 32.2. The monoisotopic (exact) mass is 419 g/mol. The largest absolute Gasteiger partial charge is 0.378 e. The summed E-state index contributed by atoms with van der Waals surface area (Å²) < 4.78 is 32.7. The second-order valence-electron chi connectivity index (χ2n) is 6.90. The Morgan fingerprint density at radius 2 is 1.79 bits per heavy atom. The van der Waals surface area contributed by atoms with Crippen LogP contribution in [0, 0.1) is 0 Å². The lowest BCUT2D eigenvalue weighted by Crippen LogP contribution is -2.46. The second-order valence-corrected chi connectivity index (χ2v) is 8.67. The molecule has 9 heteroatoms. The third-order valence-electron chi connectivity index (χ3n) is 4.82. The van der Waals surface area contributed by atoms with Gasteiger partial charge in [0.25, 0.3) is 0 Å². The van der Waals surface area contributed by atoms with Gasteiger partial charge in [-0.25, -0.2) is 13.1 Å². The molecule has 1 N–H and O–H groups in total. The van der Waals surface area contributed by atoms with Crippen LogP contribution >= 0.6 is 0 Å². The van der Waals surface area contributed by atoms with Gasteiger partial charge in [-0.15, -0.1) is 0 Å². The number of nitrogens with zero attached hydrogens (tertiary/aromatic N) is 2. The van der Waals surface area contributed by atoms with Crippen LogP contribution in [0.5, 0.6) is 0 Å². The van der Waals surface area contributed by atoms with Crippen LogP contribution in [0.15, 0.2) is 47.4 Å². The number of fused-ring (bicyclic) bond motifs is 1. The number of amides is 2. The van der Waals surface area contributed by atoms with E-state index in [1.807, 2.05) is 24.3 Å². The van der Waals surface area contributed by atoms with E-state index >= 15 is 0 Å². The smallest absolute Gasteiger partial charge is 0.242 e. The van der Waals surface area contributed by atoms with E-state index in [0.29, 0.717) is 26.3 Å². The summed E-state index contributed by atoms with van der Waals surface area (Å²) in [6, 6.07) is 12.4. The van der Waals surface area contributed by atoms with Gasteiger partial charge in [-0.3, -0.25) is 9.59 Å². The normalized spacial score (nSPS) is 14.7. The summed E-state index contributed by atoms with van der Waals surface area (Å²) in [4.78, 5) is 27.6. The highest BCUT2D eigenvalue weighted by molar-refractivity contribution is 7.89. The molecule has 0 saturated carbocycles. The number of hydrogen-bond acceptors (Lipinski definition) is 5. The first kappa shape index (κ1) is 21.2. The molecule has 2 amide bonds. The number of morpholine rings is 1. The molecule has 0 atom stereocenters. The number of likely N-dealkylation sites (N-methyl/N-ethyl adjacent to an activating group) is 1. The molecule has 0 spiro atoms. The van der Waals surface area contributed by atoms with Crippen LogP contribution in [-0.2, 0) is 24.3 Å². The molecule has 1 heterocycles. The molecular weight excluding hydrogens is 394 g/mol. The lowest BCUT2D eigenvalue weighted by atomic mass is 10.1. The molecule has 1 aliphatic rings. The molecule has 0 aromatic heterocycles. The number of ether oxygens (including phenoxy) is 1. The molecule has 1 saturated heterocycles. The molecule has 2 aromatic carbocycles. The van der Waals surface area contributed by atoms with E-state index in [2.05, 4.69) is 4.72 Å². The van der Waals surface area contributed by atoms with E-state index in [4.69, 9.17) is 4.74 Å². The van der Waals surface area contributed by atoms with Crippen molar-refractivity contribution in [1.29, 1.82) is 0 Å². The van der Waals surface area contributed by atoms with Crippen LogP contribution in [0.2, 0.25) is 0 Å². The molecule has 0 aliphatic carbocycles. The predicted octanol–water partition coefficient (Wildman–Crippen LogP) is 0.825. The van der Waals surface area contributed by atoms with Crippen LogP contribution in [0.1, 0.15) is 6.42 Å². The Labute approximate surface area is 170 Å². The summed E-state index contributed by atoms with van der Waals surface area (Å²) in [7, 11) is -2.18. The van der Waals surface area contributed by atoms with Crippen molar-refractivity contribution in [2.24, 2.45) is 0 Å². The van der Waals surface area contributed by atoms with Gasteiger partial charge < -0.3 is 14.5 Å². The van der Waals surface area contributed by atoms with Crippen molar-refractivity contribution in [3.63, 3.8) is 0 Å². The van der Waals surface area contributed by atoms with E-state index in [-0.39, 0.29) is 36.2 Å². The molecular formula is C20H25N3O5S. The van der Waals surface area contributed by atoms with E-state index in [0.717, 1.165) is 10.8 Å². The lowest BCUT2D eigenvalue weighted by molar-refractivity contribution is -0.141. The fourth-order valence-corrected chi connectivity index (χ4v) is 4.17. The van der Waals surface area contributed by atoms with Gasteiger partial charge >= 0.3 is 0 Å². The summed E-state index contributed by atoms with van der Waals surface area (Å²) in [6.07, 6.45) is -0.0281. The molecule has 3 rings (SSSR count). The van der Waals surface area contributed by atoms with Crippen LogP contribution in [-0.4, -0.2) is 76.5 Å². The average Bonchev–Trinajstić information content (AvgIpc) is 2.73. The van der Waals surface area contributed by atoms with Crippen molar-refractivity contribution in [2.45, 2.75) is 11.3 Å². The van der Waals surface area contributed by atoms with Gasteiger partial charge in [0.1, 0.15) is 0 Å². The number of hydrogen-bond donors (Lipinski definition) is 1. The van der Waals surface area contributed by atoms with E-state index < -0.39 is 10.0 Å². The van der Waals surface area contributed by atoms with Gasteiger partial charge in [0, 0.05) is 33.1 Å². The fraction of sp³-hybridized carbons (Fsp3) is 0.400. The summed E-state index contributed by atoms with van der Waals surface area (Å²) in [5.74, 6) is -0.436. The Balaban J connectivity index is 1.50. The number of nitrogens with one attached hydrogen (secondary N) is 1. The molecule has 0 radical (unpaired) electrons. The first-order valence-corrected chi connectivity index (χ1v) is 10.9. The highest BCUT2D eigenvalue weighted by Gasteiger charge is 2.21. The highest BCUT2D eigenvalue weighted by Crippen LogP contribution is 2.18. The molecule has 2 aromatic rings. The average molecular weight is 420 g/mol. The van der Waals surface area contributed by atoms with Crippen molar-refractivity contribution in [2.75, 3.05) is 46.4 Å². The maximum atomic E-state index is 12.5. The summed E-state index contributed by atoms with van der Waals surface area (Å²) in [5.41, 5.74) is 0. The minimum atomic E-state index is -3.72. The summed E-state index contributed by atoms with van der Waals surface area (Å²) in [6.45, 7) is 1.97. The molecule has 1 fully saturated rings. The maximum absolute atomic E-state index is 12.5. The van der Waals surface area contributed by atoms with Crippen LogP contribution in [0.4, 0.5) is 0 Å². The molecule has 0 unspecified atom stereocenters. The standard InChI is InChI=1S/C20H25N3O5S/c1-22(15-20(25)23-10-12-28-13-11-23)19(24)8-9-21-29(26,27)18-7-6-16-4-2-3-5-17(16)14-18/h2-7,14,21H,8-13,15H2,1H3. The molecule has 1 aliphatic heterocycles. The molecule has 29 heavy (non-hydrogen) atoms. The first-order valence-electron chi connectivity index (χ1n) is 9.45. The van der Waals surface area contributed by atoms with Gasteiger partial charge in [-0.2, -0.15) is 0 Å².